The third-order valence-corrected chi connectivity index (χ3v) is 3.53. The van der Waals surface area contributed by atoms with E-state index < -0.39 is 0 Å². The van der Waals surface area contributed by atoms with E-state index in [1.165, 1.54) is 29.8 Å². The summed E-state index contributed by atoms with van der Waals surface area (Å²) in [5.74, 6) is 0.755. The second-order valence-electron chi connectivity index (χ2n) is 5.97. The molecule has 16 heavy (non-hydrogen) atoms. The number of rotatable bonds is 2. The summed E-state index contributed by atoms with van der Waals surface area (Å²) in [5.41, 5.74) is 9.87. The molecule has 0 aliphatic heterocycles. The zero-order valence-electron chi connectivity index (χ0n) is 10.6. The molecule has 3 heteroatoms. The van der Waals surface area contributed by atoms with E-state index in [0.717, 1.165) is 25.3 Å². The van der Waals surface area contributed by atoms with Crippen LogP contribution in [-0.4, -0.2) is 16.7 Å². The summed E-state index contributed by atoms with van der Waals surface area (Å²) in [5, 5.41) is 7.74. The van der Waals surface area contributed by atoms with Gasteiger partial charge < -0.3 is 5.73 Å². The van der Waals surface area contributed by atoms with Gasteiger partial charge in [-0.05, 0) is 43.7 Å². The monoisotopic (exact) mass is 221 g/mol. The van der Waals surface area contributed by atoms with Gasteiger partial charge in [0.15, 0.2) is 0 Å². The van der Waals surface area contributed by atoms with Gasteiger partial charge in [-0.25, -0.2) is 0 Å². The largest absolute Gasteiger partial charge is 0.330 e. The van der Waals surface area contributed by atoms with Gasteiger partial charge in [0.2, 0.25) is 0 Å². The van der Waals surface area contributed by atoms with Crippen LogP contribution in [0, 0.1) is 5.92 Å². The van der Waals surface area contributed by atoms with Crippen LogP contribution in [0.4, 0.5) is 0 Å². The smallest absolute Gasteiger partial charge is 0.0710 e. The second-order valence-corrected chi connectivity index (χ2v) is 5.97. The predicted octanol–water partition coefficient (Wildman–Crippen LogP) is 2.16. The molecular weight excluding hydrogens is 198 g/mol. The maximum absolute atomic E-state index is 5.63. The van der Waals surface area contributed by atoms with Gasteiger partial charge in [0.25, 0.3) is 0 Å². The van der Waals surface area contributed by atoms with E-state index in [2.05, 4.69) is 31.0 Å². The van der Waals surface area contributed by atoms with Crippen molar-refractivity contribution >= 4 is 0 Å². The fourth-order valence-corrected chi connectivity index (χ4v) is 2.68. The maximum Gasteiger partial charge on any atom is 0.0710 e. The first-order chi connectivity index (χ1) is 7.52. The van der Waals surface area contributed by atoms with Crippen LogP contribution >= 0.6 is 0 Å². The molecule has 1 heterocycles. The number of aromatic nitrogens is 2. The van der Waals surface area contributed by atoms with E-state index in [1.807, 2.05) is 0 Å². The van der Waals surface area contributed by atoms with Gasteiger partial charge in [-0.3, -0.25) is 5.10 Å². The Labute approximate surface area is 97.8 Å². The summed E-state index contributed by atoms with van der Waals surface area (Å²) in [6, 6.07) is 0. The van der Waals surface area contributed by atoms with Crippen molar-refractivity contribution in [2.75, 3.05) is 6.54 Å². The maximum atomic E-state index is 5.63. The number of H-pyrrole nitrogens is 1. The molecule has 3 nitrogen and oxygen atoms in total. The summed E-state index contributed by atoms with van der Waals surface area (Å²) in [6.45, 7) is 7.50. The summed E-state index contributed by atoms with van der Waals surface area (Å²) in [4.78, 5) is 0. The highest BCUT2D eigenvalue weighted by molar-refractivity contribution is 5.32. The second kappa shape index (κ2) is 4.21. The van der Waals surface area contributed by atoms with E-state index in [1.54, 1.807) is 0 Å². The Morgan fingerprint density at radius 2 is 2.19 bits per heavy atom. The van der Waals surface area contributed by atoms with Crippen LogP contribution < -0.4 is 5.73 Å². The minimum Gasteiger partial charge on any atom is -0.330 e. The van der Waals surface area contributed by atoms with Crippen LogP contribution in [0.25, 0.3) is 0 Å². The molecule has 90 valence electrons. The molecule has 1 aromatic heterocycles. The van der Waals surface area contributed by atoms with E-state index in [4.69, 9.17) is 5.73 Å². The van der Waals surface area contributed by atoms with Crippen molar-refractivity contribution < 1.29 is 0 Å². The molecule has 1 unspecified atom stereocenters. The molecule has 0 radical (unpaired) electrons. The van der Waals surface area contributed by atoms with E-state index >= 15 is 0 Å². The Balaban J connectivity index is 2.20. The van der Waals surface area contributed by atoms with E-state index in [0.29, 0.717) is 0 Å². The Hall–Kier alpha value is -0.830. The van der Waals surface area contributed by atoms with Crippen molar-refractivity contribution in [2.45, 2.75) is 51.9 Å². The van der Waals surface area contributed by atoms with Gasteiger partial charge in [0.05, 0.1) is 5.69 Å². The first-order valence-electron chi connectivity index (χ1n) is 6.29. The Bertz CT molecular complexity index is 360. The minimum atomic E-state index is 0.158. The van der Waals surface area contributed by atoms with Crippen molar-refractivity contribution in [3.63, 3.8) is 0 Å². The molecule has 0 amide bonds. The Kier molecular flexibility index (Phi) is 3.06. The zero-order chi connectivity index (χ0) is 11.8. The van der Waals surface area contributed by atoms with Gasteiger partial charge in [-0.15, -0.1) is 0 Å². The SMILES string of the molecule is CC(C)(C)c1n[nH]c2c1CCC(CCN)C2. The molecule has 0 aromatic carbocycles. The molecule has 0 spiro atoms. The van der Waals surface area contributed by atoms with E-state index in [9.17, 15) is 0 Å². The van der Waals surface area contributed by atoms with Crippen molar-refractivity contribution in [3.05, 3.63) is 17.0 Å². The van der Waals surface area contributed by atoms with Gasteiger partial charge in [0, 0.05) is 11.1 Å². The summed E-state index contributed by atoms with van der Waals surface area (Å²) >= 11 is 0. The van der Waals surface area contributed by atoms with Crippen molar-refractivity contribution in [2.24, 2.45) is 11.7 Å². The van der Waals surface area contributed by atoms with E-state index in [-0.39, 0.29) is 5.41 Å². The number of hydrogen-bond acceptors (Lipinski definition) is 2. The lowest BCUT2D eigenvalue weighted by Gasteiger charge is -2.24. The summed E-state index contributed by atoms with van der Waals surface area (Å²) in [7, 11) is 0. The van der Waals surface area contributed by atoms with Gasteiger partial charge >= 0.3 is 0 Å². The van der Waals surface area contributed by atoms with Crippen LogP contribution in [0.2, 0.25) is 0 Å². The zero-order valence-corrected chi connectivity index (χ0v) is 10.6. The molecule has 0 bridgehead atoms. The third-order valence-electron chi connectivity index (χ3n) is 3.53. The van der Waals surface area contributed by atoms with Crippen LogP contribution in [0.5, 0.6) is 0 Å². The molecular formula is C13H23N3. The predicted molar refractivity (Wildman–Crippen MR) is 66.5 cm³/mol. The average Bonchev–Trinajstić information content (AvgIpc) is 2.60. The molecule has 1 aromatic rings. The van der Waals surface area contributed by atoms with Crippen LogP contribution in [0.15, 0.2) is 0 Å². The highest BCUT2D eigenvalue weighted by Gasteiger charge is 2.28. The summed E-state index contributed by atoms with van der Waals surface area (Å²) < 4.78 is 0. The minimum absolute atomic E-state index is 0.158. The lowest BCUT2D eigenvalue weighted by molar-refractivity contribution is 0.426. The molecule has 0 saturated heterocycles. The number of aromatic amines is 1. The number of fused-ring (bicyclic) bond motifs is 1. The first kappa shape index (κ1) is 11.6. The molecule has 1 aliphatic carbocycles. The fraction of sp³-hybridized carbons (Fsp3) is 0.769. The normalized spacial score (nSPS) is 20.9. The Morgan fingerprint density at radius 1 is 1.44 bits per heavy atom. The lowest BCUT2D eigenvalue weighted by Crippen LogP contribution is -2.20. The van der Waals surface area contributed by atoms with Crippen molar-refractivity contribution in [3.8, 4) is 0 Å². The van der Waals surface area contributed by atoms with Gasteiger partial charge in [-0.2, -0.15) is 5.10 Å². The Morgan fingerprint density at radius 3 is 2.81 bits per heavy atom. The first-order valence-corrected chi connectivity index (χ1v) is 6.29. The van der Waals surface area contributed by atoms with Gasteiger partial charge in [0.1, 0.15) is 0 Å². The molecule has 2 rings (SSSR count). The van der Waals surface area contributed by atoms with Crippen molar-refractivity contribution in [1.29, 1.82) is 0 Å². The van der Waals surface area contributed by atoms with Crippen molar-refractivity contribution in [1.82, 2.24) is 10.2 Å². The lowest BCUT2D eigenvalue weighted by atomic mass is 9.80. The quantitative estimate of drug-likeness (QED) is 0.804. The topological polar surface area (TPSA) is 54.7 Å². The van der Waals surface area contributed by atoms with Crippen LogP contribution in [0.3, 0.4) is 0 Å². The fourth-order valence-electron chi connectivity index (χ4n) is 2.68. The molecule has 0 saturated carbocycles. The molecule has 1 atom stereocenters. The molecule has 0 fully saturated rings. The highest BCUT2D eigenvalue weighted by Crippen LogP contribution is 2.33. The van der Waals surface area contributed by atoms with Crippen LogP contribution in [-0.2, 0) is 18.3 Å². The highest BCUT2D eigenvalue weighted by atomic mass is 15.1. The third kappa shape index (κ3) is 2.14. The molecule has 3 N–H and O–H groups in total. The number of nitrogens with two attached hydrogens (primary N) is 1. The number of hydrogen-bond donors (Lipinski definition) is 2. The summed E-state index contributed by atoms with van der Waals surface area (Å²) in [6.07, 6.45) is 4.72. The van der Waals surface area contributed by atoms with Gasteiger partial charge in [-0.1, -0.05) is 20.8 Å². The average molecular weight is 221 g/mol. The van der Waals surface area contributed by atoms with Crippen LogP contribution in [0.1, 0.15) is 50.6 Å². The molecule has 1 aliphatic rings. The number of nitrogens with zero attached hydrogens (tertiary/aromatic N) is 1. The number of nitrogens with one attached hydrogen (secondary N) is 1. The standard InChI is InChI=1S/C13H23N3/c1-13(2,3)12-10-5-4-9(6-7-14)8-11(10)15-16-12/h9H,4-8,14H2,1-3H3,(H,15,16).